The number of hydrogen-bond acceptors (Lipinski definition) is 4. The zero-order chi connectivity index (χ0) is 18.9. The number of nitrogens with one attached hydrogen (secondary N) is 2. The minimum absolute atomic E-state index is 0.0226. The Hall–Kier alpha value is -2.67. The van der Waals surface area contributed by atoms with E-state index in [2.05, 4.69) is 10.6 Å². The monoisotopic (exact) mass is 374 g/mol. The first-order valence-electron chi connectivity index (χ1n) is 8.33. The molecule has 2 unspecified atom stereocenters. The summed E-state index contributed by atoms with van der Waals surface area (Å²) in [6, 6.07) is 12.2. The quantitative estimate of drug-likeness (QED) is 0.628. The summed E-state index contributed by atoms with van der Waals surface area (Å²) in [4.78, 5) is 36.2. The maximum Gasteiger partial charge on any atom is 0.303 e. The number of carboxylic acid groups (broad SMARTS) is 1. The third-order valence-electron chi connectivity index (χ3n) is 3.80. The fourth-order valence-electron chi connectivity index (χ4n) is 2.46. The van der Waals surface area contributed by atoms with Crippen LogP contribution in [0.4, 0.5) is 0 Å². The van der Waals surface area contributed by atoms with Gasteiger partial charge in [0.1, 0.15) is 6.04 Å². The molecule has 2 atom stereocenters. The van der Waals surface area contributed by atoms with Crippen LogP contribution in [-0.2, 0) is 16.0 Å². The lowest BCUT2D eigenvalue weighted by Crippen LogP contribution is -2.48. The summed E-state index contributed by atoms with van der Waals surface area (Å²) in [6.07, 6.45) is 0.336. The van der Waals surface area contributed by atoms with Gasteiger partial charge in [0.05, 0.1) is 4.88 Å². The van der Waals surface area contributed by atoms with Gasteiger partial charge in [0, 0.05) is 19.4 Å². The number of amides is 2. The van der Waals surface area contributed by atoms with E-state index in [0.717, 1.165) is 5.56 Å². The predicted molar refractivity (Wildman–Crippen MR) is 100 cm³/mol. The van der Waals surface area contributed by atoms with Crippen molar-refractivity contribution in [1.82, 2.24) is 10.6 Å². The first kappa shape index (κ1) is 19.7. The highest BCUT2D eigenvalue weighted by Gasteiger charge is 2.23. The molecule has 26 heavy (non-hydrogen) atoms. The van der Waals surface area contributed by atoms with Gasteiger partial charge in [0.25, 0.3) is 5.91 Å². The van der Waals surface area contributed by atoms with Gasteiger partial charge in [-0.3, -0.25) is 14.4 Å². The van der Waals surface area contributed by atoms with Crippen LogP contribution in [-0.4, -0.2) is 35.5 Å². The van der Waals surface area contributed by atoms with E-state index in [1.807, 2.05) is 30.3 Å². The van der Waals surface area contributed by atoms with Crippen molar-refractivity contribution in [2.75, 3.05) is 6.54 Å². The third kappa shape index (κ3) is 6.33. The topological polar surface area (TPSA) is 95.5 Å². The molecule has 7 heteroatoms. The van der Waals surface area contributed by atoms with Gasteiger partial charge in [-0.05, 0) is 22.9 Å². The summed E-state index contributed by atoms with van der Waals surface area (Å²) in [7, 11) is 0. The lowest BCUT2D eigenvalue weighted by Gasteiger charge is -2.19. The van der Waals surface area contributed by atoms with Crippen LogP contribution in [0.5, 0.6) is 0 Å². The smallest absolute Gasteiger partial charge is 0.303 e. The summed E-state index contributed by atoms with van der Waals surface area (Å²) in [5.74, 6) is -1.72. The Balaban J connectivity index is 2.02. The fourth-order valence-corrected chi connectivity index (χ4v) is 3.09. The van der Waals surface area contributed by atoms with E-state index in [0.29, 0.717) is 11.3 Å². The van der Waals surface area contributed by atoms with Gasteiger partial charge in [-0.2, -0.15) is 0 Å². The Kier molecular flexibility index (Phi) is 7.35. The van der Waals surface area contributed by atoms with E-state index >= 15 is 0 Å². The van der Waals surface area contributed by atoms with Gasteiger partial charge < -0.3 is 15.7 Å². The Bertz CT molecular complexity index is 731. The van der Waals surface area contributed by atoms with Crippen LogP contribution in [0, 0.1) is 5.92 Å². The summed E-state index contributed by atoms with van der Waals surface area (Å²) >= 11 is 1.31. The Morgan fingerprint density at radius 1 is 1.12 bits per heavy atom. The van der Waals surface area contributed by atoms with Crippen LogP contribution in [0.1, 0.15) is 28.6 Å². The maximum atomic E-state index is 12.6. The van der Waals surface area contributed by atoms with Crippen molar-refractivity contribution in [3.8, 4) is 0 Å². The maximum absolute atomic E-state index is 12.6. The minimum atomic E-state index is -0.904. The van der Waals surface area contributed by atoms with E-state index in [4.69, 9.17) is 5.11 Å². The molecular formula is C19H22N2O4S. The highest BCUT2D eigenvalue weighted by atomic mass is 32.1. The molecule has 3 N–H and O–H groups in total. The molecule has 0 radical (unpaired) electrons. The largest absolute Gasteiger partial charge is 0.481 e. The van der Waals surface area contributed by atoms with Crippen LogP contribution >= 0.6 is 11.3 Å². The van der Waals surface area contributed by atoms with Crippen LogP contribution in [0.25, 0.3) is 0 Å². The number of rotatable bonds is 9. The molecule has 1 aromatic carbocycles. The van der Waals surface area contributed by atoms with Gasteiger partial charge >= 0.3 is 5.97 Å². The molecule has 0 spiro atoms. The highest BCUT2D eigenvalue weighted by Crippen LogP contribution is 2.10. The molecule has 1 aromatic heterocycles. The number of hydrogen-bond donors (Lipinski definition) is 3. The first-order chi connectivity index (χ1) is 12.5. The molecule has 2 amide bonds. The molecular weight excluding hydrogens is 352 g/mol. The first-order valence-corrected chi connectivity index (χ1v) is 9.21. The van der Waals surface area contributed by atoms with Crippen molar-refractivity contribution >= 4 is 29.1 Å². The van der Waals surface area contributed by atoms with Crippen LogP contribution < -0.4 is 10.6 Å². The number of carbonyl (C=O) groups is 3. The molecule has 2 aromatic rings. The third-order valence-corrected chi connectivity index (χ3v) is 4.67. The van der Waals surface area contributed by atoms with E-state index in [1.54, 1.807) is 24.4 Å². The molecule has 2 rings (SSSR count). The Morgan fingerprint density at radius 2 is 1.85 bits per heavy atom. The SMILES string of the molecule is CC(CNC(=O)C(Cc1ccccc1)NC(=O)c1cccs1)CC(=O)O. The lowest BCUT2D eigenvalue weighted by atomic mass is 10.0. The van der Waals surface area contributed by atoms with Crippen molar-refractivity contribution in [1.29, 1.82) is 0 Å². The molecule has 1 heterocycles. The summed E-state index contributed by atoms with van der Waals surface area (Å²) in [5.41, 5.74) is 0.928. The number of thiophene rings is 1. The molecule has 0 aliphatic heterocycles. The van der Waals surface area contributed by atoms with Crippen molar-refractivity contribution < 1.29 is 19.5 Å². The highest BCUT2D eigenvalue weighted by molar-refractivity contribution is 7.12. The van der Waals surface area contributed by atoms with Crippen molar-refractivity contribution in [2.24, 2.45) is 5.92 Å². The Labute approximate surface area is 156 Å². The molecule has 0 saturated carbocycles. The van der Waals surface area contributed by atoms with Crippen molar-refractivity contribution in [2.45, 2.75) is 25.8 Å². The van der Waals surface area contributed by atoms with Gasteiger partial charge in [-0.25, -0.2) is 0 Å². The molecule has 0 bridgehead atoms. The van der Waals surface area contributed by atoms with Gasteiger partial charge in [-0.1, -0.05) is 43.3 Å². The second-order valence-corrected chi connectivity index (χ2v) is 7.09. The summed E-state index contributed by atoms with van der Waals surface area (Å²) in [5, 5.41) is 16.1. The molecule has 0 aliphatic rings. The number of aliphatic carboxylic acids is 1. The van der Waals surface area contributed by atoms with Crippen molar-refractivity contribution in [3.05, 3.63) is 58.3 Å². The lowest BCUT2D eigenvalue weighted by molar-refractivity contribution is -0.138. The van der Waals surface area contributed by atoms with Crippen LogP contribution in [0.2, 0.25) is 0 Å². The normalized spacial score (nSPS) is 12.8. The molecule has 6 nitrogen and oxygen atoms in total. The summed E-state index contributed by atoms with van der Waals surface area (Å²) in [6.45, 7) is 2.00. The standard InChI is InChI=1S/C19H22N2O4S/c1-13(10-17(22)23)12-20-18(24)15(11-14-6-3-2-4-7-14)21-19(25)16-8-5-9-26-16/h2-9,13,15H,10-12H2,1H3,(H,20,24)(H,21,25)(H,22,23). The van der Waals surface area contributed by atoms with E-state index in [-0.39, 0.29) is 30.7 Å². The van der Waals surface area contributed by atoms with Gasteiger partial charge in [0.15, 0.2) is 0 Å². The van der Waals surface area contributed by atoms with Crippen molar-refractivity contribution in [3.63, 3.8) is 0 Å². The molecule has 0 saturated heterocycles. The van der Waals surface area contributed by atoms with Crippen LogP contribution in [0.15, 0.2) is 47.8 Å². The number of carbonyl (C=O) groups excluding carboxylic acids is 2. The summed E-state index contributed by atoms with van der Waals surface area (Å²) < 4.78 is 0. The average molecular weight is 374 g/mol. The van der Waals surface area contributed by atoms with Gasteiger partial charge in [-0.15, -0.1) is 11.3 Å². The zero-order valence-corrected chi connectivity index (χ0v) is 15.3. The van der Waals surface area contributed by atoms with Crippen LogP contribution in [0.3, 0.4) is 0 Å². The molecule has 0 fully saturated rings. The van der Waals surface area contributed by atoms with E-state index < -0.39 is 12.0 Å². The van der Waals surface area contributed by atoms with Gasteiger partial charge in [0.2, 0.25) is 5.91 Å². The number of benzene rings is 1. The Morgan fingerprint density at radius 3 is 2.46 bits per heavy atom. The fraction of sp³-hybridized carbons (Fsp3) is 0.316. The number of carboxylic acids is 1. The predicted octanol–water partition coefficient (Wildman–Crippen LogP) is 2.32. The molecule has 138 valence electrons. The average Bonchev–Trinajstić information content (AvgIpc) is 3.14. The second-order valence-electron chi connectivity index (χ2n) is 6.14. The second kappa shape index (κ2) is 9.72. The molecule has 0 aliphatic carbocycles. The van der Waals surface area contributed by atoms with E-state index in [1.165, 1.54) is 11.3 Å². The van der Waals surface area contributed by atoms with E-state index in [9.17, 15) is 14.4 Å². The zero-order valence-electron chi connectivity index (χ0n) is 14.5. The minimum Gasteiger partial charge on any atom is -0.481 e.